The van der Waals surface area contributed by atoms with Crippen LogP contribution in [0.4, 0.5) is 5.69 Å². The van der Waals surface area contributed by atoms with Crippen LogP contribution in [0.3, 0.4) is 0 Å². The van der Waals surface area contributed by atoms with Gasteiger partial charge in [-0.2, -0.15) is 0 Å². The quantitative estimate of drug-likeness (QED) is 0.779. The minimum atomic E-state index is -3.77. The second-order valence-electron chi connectivity index (χ2n) is 6.28. The van der Waals surface area contributed by atoms with E-state index < -0.39 is 10.0 Å². The molecule has 7 heteroatoms. The van der Waals surface area contributed by atoms with Gasteiger partial charge in [0.05, 0.1) is 4.90 Å². The molecular weight excluding hydrogens is 350 g/mol. The van der Waals surface area contributed by atoms with E-state index in [1.165, 1.54) is 12.1 Å². The van der Waals surface area contributed by atoms with Crippen molar-refractivity contribution in [2.75, 3.05) is 31.9 Å². The fourth-order valence-electron chi connectivity index (χ4n) is 2.42. The Hall–Kier alpha value is -2.38. The highest BCUT2D eigenvalue weighted by atomic mass is 32.2. The summed E-state index contributed by atoms with van der Waals surface area (Å²) in [5.41, 5.74) is 2.65. The summed E-state index contributed by atoms with van der Waals surface area (Å²) < 4.78 is 27.9. The Morgan fingerprint density at radius 1 is 1.08 bits per heavy atom. The maximum Gasteiger partial charge on any atom is 0.261 e. The van der Waals surface area contributed by atoms with Gasteiger partial charge in [-0.25, -0.2) is 8.42 Å². The Labute approximate surface area is 155 Å². The van der Waals surface area contributed by atoms with Crippen LogP contribution in [0.15, 0.2) is 47.4 Å². The molecule has 26 heavy (non-hydrogen) atoms. The second-order valence-corrected chi connectivity index (χ2v) is 7.96. The van der Waals surface area contributed by atoms with Crippen molar-refractivity contribution in [3.63, 3.8) is 0 Å². The molecule has 0 unspecified atom stereocenters. The number of anilines is 1. The normalized spacial score (nSPS) is 11.2. The molecule has 2 aromatic rings. The van der Waals surface area contributed by atoms with E-state index in [-0.39, 0.29) is 10.8 Å². The highest BCUT2D eigenvalue weighted by Crippen LogP contribution is 2.20. The number of carbonyl (C=O) groups is 1. The van der Waals surface area contributed by atoms with Crippen molar-refractivity contribution in [3.05, 3.63) is 59.2 Å². The number of amides is 1. The molecule has 1 amide bonds. The van der Waals surface area contributed by atoms with E-state index in [4.69, 9.17) is 0 Å². The molecule has 6 nitrogen and oxygen atoms in total. The number of sulfonamides is 1. The summed E-state index contributed by atoms with van der Waals surface area (Å²) in [7, 11) is -0.262. The van der Waals surface area contributed by atoms with Gasteiger partial charge in [-0.05, 0) is 50.7 Å². The molecule has 0 fully saturated rings. The summed E-state index contributed by atoms with van der Waals surface area (Å²) in [4.78, 5) is 14.3. The lowest BCUT2D eigenvalue weighted by atomic mass is 10.1. The highest BCUT2D eigenvalue weighted by molar-refractivity contribution is 7.92. The van der Waals surface area contributed by atoms with Crippen molar-refractivity contribution in [2.24, 2.45) is 0 Å². The molecule has 140 valence electrons. The molecule has 0 aromatic heterocycles. The summed E-state index contributed by atoms with van der Waals surface area (Å²) in [6.07, 6.45) is 0. The lowest BCUT2D eigenvalue weighted by Crippen LogP contribution is -2.33. The maximum absolute atomic E-state index is 12.7. The number of hydrogen-bond donors (Lipinski definition) is 2. The first-order valence-electron chi connectivity index (χ1n) is 8.35. The van der Waals surface area contributed by atoms with Gasteiger partial charge in [0.25, 0.3) is 15.9 Å². The minimum Gasteiger partial charge on any atom is -0.340 e. The van der Waals surface area contributed by atoms with E-state index in [2.05, 4.69) is 10.0 Å². The van der Waals surface area contributed by atoms with Crippen LogP contribution in [0.2, 0.25) is 0 Å². The number of nitrogens with zero attached hydrogens (tertiary/aromatic N) is 1. The number of benzene rings is 2. The van der Waals surface area contributed by atoms with E-state index in [9.17, 15) is 13.2 Å². The fraction of sp³-hybridized carbons (Fsp3) is 0.316. The van der Waals surface area contributed by atoms with Gasteiger partial charge in [0, 0.05) is 31.4 Å². The average Bonchev–Trinajstić information content (AvgIpc) is 2.61. The van der Waals surface area contributed by atoms with E-state index >= 15 is 0 Å². The van der Waals surface area contributed by atoms with Crippen molar-refractivity contribution < 1.29 is 13.2 Å². The SMILES string of the molecule is CNCCN(C)C(=O)c1cc(S(=O)(=O)Nc2ccc(C)cc2)ccc1C. The Morgan fingerprint density at radius 3 is 2.35 bits per heavy atom. The smallest absolute Gasteiger partial charge is 0.261 e. The van der Waals surface area contributed by atoms with E-state index in [1.807, 2.05) is 26.1 Å². The third-order valence-corrected chi connectivity index (χ3v) is 5.48. The van der Waals surface area contributed by atoms with Crippen LogP contribution in [-0.2, 0) is 10.0 Å². The van der Waals surface area contributed by atoms with Crippen LogP contribution in [-0.4, -0.2) is 46.4 Å². The summed E-state index contributed by atoms with van der Waals surface area (Å²) in [5, 5.41) is 2.99. The van der Waals surface area contributed by atoms with Crippen molar-refractivity contribution >= 4 is 21.6 Å². The van der Waals surface area contributed by atoms with Gasteiger partial charge in [0.2, 0.25) is 0 Å². The first-order chi connectivity index (χ1) is 12.2. The zero-order valence-electron chi connectivity index (χ0n) is 15.5. The van der Waals surface area contributed by atoms with E-state index in [0.717, 1.165) is 11.1 Å². The lowest BCUT2D eigenvalue weighted by Gasteiger charge is -2.19. The van der Waals surface area contributed by atoms with Gasteiger partial charge in [-0.3, -0.25) is 9.52 Å². The second kappa shape index (κ2) is 8.33. The van der Waals surface area contributed by atoms with Gasteiger partial charge in [0.1, 0.15) is 0 Å². The van der Waals surface area contributed by atoms with Gasteiger partial charge < -0.3 is 10.2 Å². The van der Waals surface area contributed by atoms with Crippen LogP contribution in [0.25, 0.3) is 0 Å². The van der Waals surface area contributed by atoms with Gasteiger partial charge in [-0.1, -0.05) is 23.8 Å². The predicted octanol–water partition coefficient (Wildman–Crippen LogP) is 2.40. The van der Waals surface area contributed by atoms with Crippen LogP contribution in [0, 0.1) is 13.8 Å². The summed E-state index contributed by atoms with van der Waals surface area (Å²) >= 11 is 0. The predicted molar refractivity (Wildman–Crippen MR) is 104 cm³/mol. The summed E-state index contributed by atoms with van der Waals surface area (Å²) in [6.45, 7) is 4.92. The fourth-order valence-corrected chi connectivity index (χ4v) is 3.51. The average molecular weight is 375 g/mol. The zero-order chi connectivity index (χ0) is 19.3. The summed E-state index contributed by atoms with van der Waals surface area (Å²) in [5.74, 6) is -0.204. The third kappa shape index (κ3) is 4.83. The number of carbonyl (C=O) groups excluding carboxylic acids is 1. The Morgan fingerprint density at radius 2 is 1.73 bits per heavy atom. The minimum absolute atomic E-state index is 0.0639. The van der Waals surface area contributed by atoms with Gasteiger partial charge in [0.15, 0.2) is 0 Å². The van der Waals surface area contributed by atoms with Crippen molar-refractivity contribution in [2.45, 2.75) is 18.7 Å². The molecule has 0 spiro atoms. The van der Waals surface area contributed by atoms with E-state index in [1.54, 1.807) is 37.1 Å². The zero-order valence-corrected chi connectivity index (χ0v) is 16.4. The van der Waals surface area contributed by atoms with Crippen LogP contribution < -0.4 is 10.0 Å². The van der Waals surface area contributed by atoms with Crippen LogP contribution in [0.1, 0.15) is 21.5 Å². The summed E-state index contributed by atoms with van der Waals surface area (Å²) in [6, 6.07) is 11.7. The molecule has 2 rings (SSSR count). The highest BCUT2D eigenvalue weighted by Gasteiger charge is 2.20. The molecule has 0 aliphatic rings. The molecule has 0 aliphatic carbocycles. The Kier molecular flexibility index (Phi) is 6.39. The molecule has 2 N–H and O–H groups in total. The Balaban J connectivity index is 2.29. The number of rotatable bonds is 7. The topological polar surface area (TPSA) is 78.5 Å². The first-order valence-corrected chi connectivity index (χ1v) is 9.83. The number of hydrogen-bond acceptors (Lipinski definition) is 4. The molecule has 2 aromatic carbocycles. The maximum atomic E-state index is 12.7. The van der Waals surface area contributed by atoms with Gasteiger partial charge >= 0.3 is 0 Å². The number of nitrogens with one attached hydrogen (secondary N) is 2. The first kappa shape index (κ1) is 19.9. The third-order valence-electron chi connectivity index (χ3n) is 4.10. The van der Waals surface area contributed by atoms with Crippen molar-refractivity contribution in [1.82, 2.24) is 10.2 Å². The monoisotopic (exact) mass is 375 g/mol. The number of likely N-dealkylation sites (N-methyl/N-ethyl adjacent to an activating group) is 2. The Bertz CT molecular complexity index is 877. The molecule has 0 aliphatic heterocycles. The molecule has 0 bridgehead atoms. The standard InChI is InChI=1S/C19H25N3O3S/c1-14-5-8-16(9-6-14)21-26(24,25)17-10-7-15(2)18(13-17)19(23)22(4)12-11-20-3/h5-10,13,20-21H,11-12H2,1-4H3. The van der Waals surface area contributed by atoms with E-state index in [0.29, 0.717) is 24.3 Å². The van der Waals surface area contributed by atoms with Crippen LogP contribution >= 0.6 is 0 Å². The van der Waals surface area contributed by atoms with Crippen molar-refractivity contribution in [3.8, 4) is 0 Å². The molecular formula is C19H25N3O3S. The molecule has 0 heterocycles. The molecule has 0 radical (unpaired) electrons. The molecule has 0 atom stereocenters. The largest absolute Gasteiger partial charge is 0.340 e. The van der Waals surface area contributed by atoms with Crippen LogP contribution in [0.5, 0.6) is 0 Å². The van der Waals surface area contributed by atoms with Gasteiger partial charge in [-0.15, -0.1) is 0 Å². The lowest BCUT2D eigenvalue weighted by molar-refractivity contribution is 0.0796. The van der Waals surface area contributed by atoms with Crippen molar-refractivity contribution in [1.29, 1.82) is 0 Å². The molecule has 0 saturated carbocycles. The number of aryl methyl sites for hydroxylation is 2. The molecule has 0 saturated heterocycles.